The van der Waals surface area contributed by atoms with Gasteiger partial charge >= 0.3 is 12.1 Å². The number of fused-ring (bicyclic) bond motifs is 3. The fourth-order valence-corrected chi connectivity index (χ4v) is 9.13. The van der Waals surface area contributed by atoms with Crippen molar-refractivity contribution in [3.05, 3.63) is 46.3 Å². The van der Waals surface area contributed by atoms with E-state index in [1.54, 1.807) is 20.8 Å². The van der Waals surface area contributed by atoms with Crippen LogP contribution in [0.25, 0.3) is 0 Å². The van der Waals surface area contributed by atoms with Crippen molar-refractivity contribution >= 4 is 51.4 Å². The highest BCUT2D eigenvalue weighted by Gasteiger charge is 2.62. The van der Waals surface area contributed by atoms with E-state index in [2.05, 4.69) is 10.0 Å². The zero-order valence-electron chi connectivity index (χ0n) is 30.3. The summed E-state index contributed by atoms with van der Waals surface area (Å²) in [6.07, 6.45) is 6.23. The van der Waals surface area contributed by atoms with Gasteiger partial charge in [0.25, 0.3) is 5.91 Å². The van der Waals surface area contributed by atoms with Crippen LogP contribution < -0.4 is 10.0 Å². The number of hydrogen-bond donors (Lipinski definition) is 2. The summed E-state index contributed by atoms with van der Waals surface area (Å²) in [6, 6.07) is 1.51. The van der Waals surface area contributed by atoms with Crippen LogP contribution in [0.3, 0.4) is 0 Å². The van der Waals surface area contributed by atoms with E-state index in [0.717, 1.165) is 12.8 Å². The van der Waals surface area contributed by atoms with Crippen LogP contribution in [0.4, 0.5) is 9.18 Å². The summed E-state index contributed by atoms with van der Waals surface area (Å²) in [7, 11) is -3.92. The summed E-state index contributed by atoms with van der Waals surface area (Å²) in [4.78, 5) is 71.5. The number of carbonyl (C=O) groups is 5. The summed E-state index contributed by atoms with van der Waals surface area (Å²) >= 11 is 6.33. The normalized spacial score (nSPS) is 28.6. The maximum absolute atomic E-state index is 14.5. The maximum atomic E-state index is 14.5. The van der Waals surface area contributed by atoms with Gasteiger partial charge in [-0.2, -0.15) is 0 Å². The summed E-state index contributed by atoms with van der Waals surface area (Å²) in [6.45, 7) is 5.21. The summed E-state index contributed by atoms with van der Waals surface area (Å²) in [5.74, 6) is -4.30. The molecule has 3 heterocycles. The van der Waals surface area contributed by atoms with Crippen LogP contribution in [0.1, 0.15) is 96.1 Å². The molecule has 3 aliphatic heterocycles. The molecule has 290 valence electrons. The van der Waals surface area contributed by atoms with Crippen LogP contribution in [0.5, 0.6) is 0 Å². The molecular formula is C37H48ClFN4O9S. The van der Waals surface area contributed by atoms with Gasteiger partial charge in [-0.1, -0.05) is 36.6 Å². The van der Waals surface area contributed by atoms with E-state index < -0.39 is 86.0 Å². The average Bonchev–Trinajstić information content (AvgIpc) is 4.01. The van der Waals surface area contributed by atoms with Gasteiger partial charge in [0.2, 0.25) is 21.8 Å². The van der Waals surface area contributed by atoms with Crippen molar-refractivity contribution in [1.29, 1.82) is 0 Å². The molecule has 2 saturated carbocycles. The molecule has 6 rings (SSSR count). The monoisotopic (exact) mass is 778 g/mol. The largest absolute Gasteiger partial charge is 0.460 e. The molecule has 5 atom stereocenters. The molecule has 1 aromatic carbocycles. The number of nitrogens with one attached hydrogen (secondary N) is 2. The number of esters is 1. The molecule has 1 saturated heterocycles. The number of rotatable bonds is 6. The van der Waals surface area contributed by atoms with Crippen molar-refractivity contribution in [2.24, 2.45) is 11.8 Å². The Kier molecular flexibility index (Phi) is 11.2. The molecule has 13 nitrogen and oxygen atoms in total. The van der Waals surface area contributed by atoms with Gasteiger partial charge in [0.15, 0.2) is 0 Å². The standard InChI is InChI=1S/C37H48ClFN4O9S/c1-36(2,3)52-31(44)17-22-9-7-5-4-6-8-10-23-19-37(23,34(47)41-53(49,50)25-11-12-25)40-32(45)30-18-24(20-43(30)33(22)46)51-35(48)42-16-15-26-27(21-42)28(38)13-14-29(26)39/h8,10,13-14,22-25,30H,4-7,9,11-12,15-21H2,1-3H3,(H,40,45)(H,41,47)/b10-8-/t22-,23-,24-,30+,37-/m1/s1. The molecule has 53 heavy (non-hydrogen) atoms. The number of hydrogen-bond acceptors (Lipinski definition) is 9. The van der Waals surface area contributed by atoms with E-state index in [0.29, 0.717) is 48.3 Å². The smallest absolute Gasteiger partial charge is 0.410 e. The van der Waals surface area contributed by atoms with Crippen LogP contribution in [0, 0.1) is 17.7 Å². The Morgan fingerprint density at radius 2 is 1.85 bits per heavy atom. The summed E-state index contributed by atoms with van der Waals surface area (Å²) in [5, 5.41) is 2.47. The predicted molar refractivity (Wildman–Crippen MR) is 191 cm³/mol. The summed E-state index contributed by atoms with van der Waals surface area (Å²) in [5.41, 5.74) is -1.42. The lowest BCUT2D eigenvalue weighted by molar-refractivity contribution is -0.159. The molecule has 0 unspecified atom stereocenters. The average molecular weight is 779 g/mol. The number of amides is 4. The maximum Gasteiger partial charge on any atom is 0.410 e. The first kappa shape index (κ1) is 39.0. The number of nitrogens with zero attached hydrogens (tertiary/aromatic N) is 2. The van der Waals surface area contributed by atoms with E-state index in [4.69, 9.17) is 21.1 Å². The number of halogens is 2. The van der Waals surface area contributed by atoms with Crippen molar-refractivity contribution in [1.82, 2.24) is 19.8 Å². The molecule has 0 spiro atoms. The fourth-order valence-electron chi connectivity index (χ4n) is 7.53. The van der Waals surface area contributed by atoms with Crippen LogP contribution in [0.15, 0.2) is 24.3 Å². The van der Waals surface area contributed by atoms with Crippen LogP contribution in [-0.4, -0.2) is 89.6 Å². The molecule has 0 radical (unpaired) electrons. The molecule has 0 aromatic heterocycles. The highest BCUT2D eigenvalue weighted by Crippen LogP contribution is 2.46. The predicted octanol–water partition coefficient (Wildman–Crippen LogP) is 4.29. The molecular weight excluding hydrogens is 731 g/mol. The van der Waals surface area contributed by atoms with Crippen LogP contribution in [-0.2, 0) is 51.6 Å². The Bertz CT molecular complexity index is 1800. The molecule has 2 aliphatic carbocycles. The molecule has 1 aromatic rings. The zero-order chi connectivity index (χ0) is 38.3. The second-order valence-corrected chi connectivity index (χ2v) is 18.3. The SMILES string of the molecule is CC(C)(C)OC(=O)C[C@H]1CCCCC/C=C\[C@@H]2C[C@@]2(C(=O)NS(=O)(=O)C2CC2)NC(=O)[C@@H]2C[C@@H](OC(=O)N3CCc4c(F)ccc(Cl)c4C3)CN2C1=O. The van der Waals surface area contributed by atoms with E-state index in [1.165, 1.54) is 21.9 Å². The lowest BCUT2D eigenvalue weighted by atomic mass is 9.95. The van der Waals surface area contributed by atoms with E-state index in [-0.39, 0.29) is 45.3 Å². The van der Waals surface area contributed by atoms with Crippen LogP contribution >= 0.6 is 11.6 Å². The van der Waals surface area contributed by atoms with Gasteiger partial charge in [-0.25, -0.2) is 17.6 Å². The van der Waals surface area contributed by atoms with Crippen molar-refractivity contribution in [3.8, 4) is 0 Å². The first-order chi connectivity index (χ1) is 25.0. The Balaban J connectivity index is 1.25. The molecule has 0 bridgehead atoms. The molecule has 2 N–H and O–H groups in total. The van der Waals surface area contributed by atoms with Crippen molar-refractivity contribution in [2.75, 3.05) is 13.1 Å². The Hall–Kier alpha value is -3.72. The topological polar surface area (TPSA) is 168 Å². The highest BCUT2D eigenvalue weighted by atomic mass is 35.5. The van der Waals surface area contributed by atoms with Crippen molar-refractivity contribution < 1.29 is 46.3 Å². The van der Waals surface area contributed by atoms with Gasteiger partial charge in [-0.05, 0) is 89.0 Å². The minimum absolute atomic E-state index is 0.0122. The van der Waals surface area contributed by atoms with Crippen LogP contribution in [0.2, 0.25) is 5.02 Å². The van der Waals surface area contributed by atoms with Gasteiger partial charge in [0.05, 0.1) is 24.8 Å². The van der Waals surface area contributed by atoms with Gasteiger partial charge in [0, 0.05) is 29.8 Å². The highest BCUT2D eigenvalue weighted by molar-refractivity contribution is 7.91. The Morgan fingerprint density at radius 3 is 2.57 bits per heavy atom. The third kappa shape index (κ3) is 8.98. The summed E-state index contributed by atoms with van der Waals surface area (Å²) < 4.78 is 53.6. The Morgan fingerprint density at radius 1 is 1.09 bits per heavy atom. The molecule has 16 heteroatoms. The first-order valence-corrected chi connectivity index (χ1v) is 20.4. The number of ether oxygens (including phenoxy) is 2. The number of benzene rings is 1. The minimum atomic E-state index is -3.92. The van der Waals surface area contributed by atoms with Gasteiger partial charge < -0.3 is 24.6 Å². The second kappa shape index (κ2) is 15.2. The van der Waals surface area contributed by atoms with Crippen molar-refractivity contribution in [3.63, 3.8) is 0 Å². The fraction of sp³-hybridized carbons (Fsp3) is 0.649. The minimum Gasteiger partial charge on any atom is -0.460 e. The Labute approximate surface area is 314 Å². The third-order valence-corrected chi connectivity index (χ3v) is 12.8. The van der Waals surface area contributed by atoms with Gasteiger partial charge in [-0.3, -0.25) is 23.9 Å². The zero-order valence-corrected chi connectivity index (χ0v) is 31.9. The quantitative estimate of drug-likeness (QED) is 0.316. The van der Waals surface area contributed by atoms with Gasteiger partial charge in [0.1, 0.15) is 29.1 Å². The third-order valence-electron chi connectivity index (χ3n) is 10.6. The molecule has 5 aliphatic rings. The first-order valence-electron chi connectivity index (χ1n) is 18.5. The molecule has 4 amide bonds. The van der Waals surface area contributed by atoms with E-state index in [1.807, 2.05) is 12.2 Å². The van der Waals surface area contributed by atoms with Crippen molar-refractivity contribution in [2.45, 2.75) is 126 Å². The molecule has 3 fully saturated rings. The number of carbonyl (C=O) groups excluding carboxylic acids is 5. The van der Waals surface area contributed by atoms with E-state index >= 15 is 0 Å². The number of sulfonamides is 1. The van der Waals surface area contributed by atoms with Gasteiger partial charge in [-0.15, -0.1) is 0 Å². The lowest BCUT2D eigenvalue weighted by Gasteiger charge is -2.30. The lowest BCUT2D eigenvalue weighted by Crippen LogP contribution is -2.57. The number of allylic oxidation sites excluding steroid dienone is 1. The van der Waals surface area contributed by atoms with E-state index in [9.17, 15) is 36.8 Å². The second-order valence-electron chi connectivity index (χ2n) is 15.9.